The maximum Gasteiger partial charge on any atom is 0.134 e. The molecule has 0 radical (unpaired) electrons. The highest BCUT2D eigenvalue weighted by Crippen LogP contribution is 2.46. The molecule has 2 heterocycles. The van der Waals surface area contributed by atoms with Gasteiger partial charge in [-0.3, -0.25) is 0 Å². The van der Waals surface area contributed by atoms with Crippen LogP contribution in [0.15, 0.2) is 0 Å². The Balaban J connectivity index is 2.11. The highest BCUT2D eigenvalue weighted by Gasteiger charge is 2.42. The van der Waals surface area contributed by atoms with Crippen molar-refractivity contribution >= 4 is 0 Å². The molecule has 1 aromatic rings. The van der Waals surface area contributed by atoms with Crippen molar-refractivity contribution in [2.75, 3.05) is 6.54 Å². The smallest absolute Gasteiger partial charge is 0.134 e. The Morgan fingerprint density at radius 2 is 2.00 bits per heavy atom. The summed E-state index contributed by atoms with van der Waals surface area (Å²) in [6.45, 7) is 8.75. The molecule has 0 atom stereocenters. The molecule has 3 heteroatoms. The molecular formula is C14H21N3. The fourth-order valence-electron chi connectivity index (χ4n) is 2.55. The largest absolute Gasteiger partial charge is 0.311 e. The first-order chi connectivity index (χ1) is 8.10. The third-order valence-corrected chi connectivity index (χ3v) is 4.06. The zero-order valence-electron chi connectivity index (χ0n) is 11.0. The Bertz CT molecular complexity index is 447. The van der Waals surface area contributed by atoms with Gasteiger partial charge in [0, 0.05) is 12.0 Å². The summed E-state index contributed by atoms with van der Waals surface area (Å²) in [4.78, 5) is 9.70. The first-order valence-electron chi connectivity index (χ1n) is 6.71. The Kier molecular flexibility index (Phi) is 2.47. The first-order valence-corrected chi connectivity index (χ1v) is 6.71. The van der Waals surface area contributed by atoms with E-state index in [1.165, 1.54) is 29.8 Å². The molecule has 1 aliphatic carbocycles. The number of hydrogen-bond donors (Lipinski definition) is 1. The van der Waals surface area contributed by atoms with Crippen molar-refractivity contribution in [1.82, 2.24) is 15.3 Å². The number of rotatable bonds is 2. The average Bonchev–Trinajstić information content (AvgIpc) is 3.07. The molecule has 0 amide bonds. The van der Waals surface area contributed by atoms with E-state index in [-0.39, 0.29) is 5.41 Å². The number of nitrogens with one attached hydrogen (secondary N) is 1. The summed E-state index contributed by atoms with van der Waals surface area (Å²) >= 11 is 0. The summed E-state index contributed by atoms with van der Waals surface area (Å²) in [5.41, 5.74) is 4.22. The van der Waals surface area contributed by atoms with Gasteiger partial charge in [-0.1, -0.05) is 20.8 Å². The maximum absolute atomic E-state index is 4.88. The van der Waals surface area contributed by atoms with Crippen molar-refractivity contribution in [3.8, 4) is 0 Å². The summed E-state index contributed by atoms with van der Waals surface area (Å²) < 4.78 is 0. The van der Waals surface area contributed by atoms with Crippen LogP contribution >= 0.6 is 0 Å². The van der Waals surface area contributed by atoms with Crippen LogP contribution in [0, 0.1) is 0 Å². The molecule has 0 aromatic carbocycles. The van der Waals surface area contributed by atoms with E-state index in [1.54, 1.807) is 0 Å². The van der Waals surface area contributed by atoms with Crippen LogP contribution in [0.5, 0.6) is 0 Å². The number of aromatic nitrogens is 2. The second-order valence-electron chi connectivity index (χ2n) is 6.00. The summed E-state index contributed by atoms with van der Waals surface area (Å²) in [6, 6.07) is 0. The van der Waals surface area contributed by atoms with Gasteiger partial charge < -0.3 is 5.32 Å². The Hall–Kier alpha value is -0.960. The zero-order valence-corrected chi connectivity index (χ0v) is 11.0. The van der Waals surface area contributed by atoms with Gasteiger partial charge in [-0.05, 0) is 37.3 Å². The van der Waals surface area contributed by atoms with Crippen LogP contribution in [-0.2, 0) is 18.4 Å². The first kappa shape index (κ1) is 11.1. The fraction of sp³-hybridized carbons (Fsp3) is 0.714. The normalized spacial score (nSPS) is 21.4. The van der Waals surface area contributed by atoms with E-state index in [0.29, 0.717) is 5.92 Å². The molecular weight excluding hydrogens is 210 g/mol. The van der Waals surface area contributed by atoms with Gasteiger partial charge in [0.25, 0.3) is 0 Å². The standard InChI is InChI=1S/C14H21N3/c1-9(2)12-10-4-7-15-8-11(10)16-13(17-12)14(3)5-6-14/h9,15H,4-8H2,1-3H3. The van der Waals surface area contributed by atoms with Gasteiger partial charge >= 0.3 is 0 Å². The van der Waals surface area contributed by atoms with E-state index in [9.17, 15) is 0 Å². The van der Waals surface area contributed by atoms with Gasteiger partial charge in [-0.25, -0.2) is 9.97 Å². The van der Waals surface area contributed by atoms with Crippen LogP contribution in [0.3, 0.4) is 0 Å². The highest BCUT2D eigenvalue weighted by molar-refractivity contribution is 5.33. The SMILES string of the molecule is CC(C)c1nc(C2(C)CC2)nc2c1CCNC2. The third kappa shape index (κ3) is 1.86. The third-order valence-electron chi connectivity index (χ3n) is 4.06. The molecule has 17 heavy (non-hydrogen) atoms. The molecule has 0 spiro atoms. The highest BCUT2D eigenvalue weighted by atomic mass is 15.0. The Morgan fingerprint density at radius 3 is 2.65 bits per heavy atom. The van der Waals surface area contributed by atoms with Crippen LogP contribution in [0.25, 0.3) is 0 Å². The number of hydrogen-bond acceptors (Lipinski definition) is 3. The summed E-state index contributed by atoms with van der Waals surface area (Å²) in [6.07, 6.45) is 3.58. The Labute approximate surface area is 103 Å². The van der Waals surface area contributed by atoms with Crippen LogP contribution < -0.4 is 5.32 Å². The molecule has 1 aromatic heterocycles. The van der Waals surface area contributed by atoms with Crippen molar-refractivity contribution in [2.45, 2.75) is 57.9 Å². The van der Waals surface area contributed by atoms with Crippen molar-refractivity contribution in [2.24, 2.45) is 0 Å². The minimum absolute atomic E-state index is 0.274. The van der Waals surface area contributed by atoms with E-state index in [4.69, 9.17) is 9.97 Å². The quantitative estimate of drug-likeness (QED) is 0.848. The van der Waals surface area contributed by atoms with Gasteiger partial charge in [0.05, 0.1) is 11.4 Å². The minimum Gasteiger partial charge on any atom is -0.311 e. The summed E-state index contributed by atoms with van der Waals surface area (Å²) in [7, 11) is 0. The molecule has 1 N–H and O–H groups in total. The number of fused-ring (bicyclic) bond motifs is 1. The molecule has 3 nitrogen and oxygen atoms in total. The lowest BCUT2D eigenvalue weighted by Gasteiger charge is -2.23. The lowest BCUT2D eigenvalue weighted by atomic mass is 9.96. The molecule has 2 aliphatic rings. The molecule has 1 fully saturated rings. The fourth-order valence-corrected chi connectivity index (χ4v) is 2.55. The van der Waals surface area contributed by atoms with Crippen LogP contribution in [0.2, 0.25) is 0 Å². The van der Waals surface area contributed by atoms with E-state index in [0.717, 1.165) is 25.3 Å². The van der Waals surface area contributed by atoms with Gasteiger partial charge in [-0.2, -0.15) is 0 Å². The van der Waals surface area contributed by atoms with Crippen molar-refractivity contribution in [3.05, 3.63) is 22.8 Å². The van der Waals surface area contributed by atoms with E-state index in [2.05, 4.69) is 26.1 Å². The van der Waals surface area contributed by atoms with Crippen LogP contribution in [-0.4, -0.2) is 16.5 Å². The van der Waals surface area contributed by atoms with Crippen LogP contribution in [0.1, 0.15) is 62.3 Å². The van der Waals surface area contributed by atoms with Crippen molar-refractivity contribution < 1.29 is 0 Å². The molecule has 1 aliphatic heterocycles. The van der Waals surface area contributed by atoms with E-state index < -0.39 is 0 Å². The molecule has 1 saturated carbocycles. The monoisotopic (exact) mass is 231 g/mol. The van der Waals surface area contributed by atoms with Gasteiger partial charge in [0.1, 0.15) is 5.82 Å². The molecule has 92 valence electrons. The molecule has 0 unspecified atom stereocenters. The lowest BCUT2D eigenvalue weighted by Crippen LogP contribution is -2.28. The van der Waals surface area contributed by atoms with E-state index in [1.807, 2.05) is 0 Å². The summed E-state index contributed by atoms with van der Waals surface area (Å²) in [5, 5.41) is 3.42. The van der Waals surface area contributed by atoms with E-state index >= 15 is 0 Å². The second kappa shape index (κ2) is 3.77. The zero-order chi connectivity index (χ0) is 12.0. The van der Waals surface area contributed by atoms with Crippen molar-refractivity contribution in [3.63, 3.8) is 0 Å². The predicted octanol–water partition coefficient (Wildman–Crippen LogP) is 2.30. The molecule has 0 bridgehead atoms. The topological polar surface area (TPSA) is 37.8 Å². The minimum atomic E-state index is 0.274. The summed E-state index contributed by atoms with van der Waals surface area (Å²) in [5.74, 6) is 1.59. The van der Waals surface area contributed by atoms with Gasteiger partial charge in [0.15, 0.2) is 0 Å². The van der Waals surface area contributed by atoms with Crippen LogP contribution in [0.4, 0.5) is 0 Å². The Morgan fingerprint density at radius 1 is 1.24 bits per heavy atom. The lowest BCUT2D eigenvalue weighted by molar-refractivity contribution is 0.583. The van der Waals surface area contributed by atoms with Gasteiger partial charge in [0.2, 0.25) is 0 Å². The number of nitrogens with zero attached hydrogens (tertiary/aromatic N) is 2. The maximum atomic E-state index is 4.88. The molecule has 3 rings (SSSR count). The predicted molar refractivity (Wildman–Crippen MR) is 68.1 cm³/mol. The van der Waals surface area contributed by atoms with Crippen molar-refractivity contribution in [1.29, 1.82) is 0 Å². The van der Waals surface area contributed by atoms with Gasteiger partial charge in [-0.15, -0.1) is 0 Å². The second-order valence-corrected chi connectivity index (χ2v) is 6.00. The molecule has 0 saturated heterocycles. The average molecular weight is 231 g/mol.